The predicted molar refractivity (Wildman–Crippen MR) is 210 cm³/mol. The first-order valence-corrected chi connectivity index (χ1v) is 18.2. The summed E-state index contributed by atoms with van der Waals surface area (Å²) in [6.45, 7) is 4.46. The van der Waals surface area contributed by atoms with Crippen molar-refractivity contribution in [3.63, 3.8) is 0 Å². The highest BCUT2D eigenvalue weighted by Gasteiger charge is 2.52. The third kappa shape index (κ3) is 4.67. The molecule has 52 heavy (non-hydrogen) atoms. The number of allylic oxidation sites excluding steroid dienone is 6. The molecule has 10 rings (SSSR count). The molecule has 2 unspecified atom stereocenters. The van der Waals surface area contributed by atoms with E-state index in [-0.39, 0.29) is 12.0 Å². The van der Waals surface area contributed by atoms with Crippen LogP contribution >= 0.6 is 0 Å². The summed E-state index contributed by atoms with van der Waals surface area (Å²) in [5.74, 6) is 3.00. The molecule has 4 nitrogen and oxygen atoms in total. The van der Waals surface area contributed by atoms with Gasteiger partial charge >= 0.3 is 0 Å². The second-order valence-electron chi connectivity index (χ2n) is 14.3. The summed E-state index contributed by atoms with van der Waals surface area (Å²) in [5.41, 5.74) is 14.6. The van der Waals surface area contributed by atoms with E-state index in [4.69, 9.17) is 14.7 Å². The molecule has 2 atom stereocenters. The average Bonchev–Trinajstić information content (AvgIpc) is 3.49. The highest BCUT2D eigenvalue weighted by Crippen LogP contribution is 2.62. The first kappa shape index (κ1) is 30.6. The van der Waals surface area contributed by atoms with Crippen LogP contribution in [0.4, 0.5) is 0 Å². The molecule has 1 spiro atoms. The molecule has 4 aliphatic rings. The number of ether oxygens (including phenoxy) is 1. The molecule has 0 saturated carbocycles. The van der Waals surface area contributed by atoms with E-state index in [9.17, 15) is 0 Å². The third-order valence-corrected chi connectivity index (χ3v) is 11.1. The van der Waals surface area contributed by atoms with Gasteiger partial charge in [0.25, 0.3) is 0 Å². The smallest absolute Gasteiger partial charge is 0.160 e. The number of rotatable bonds is 4. The van der Waals surface area contributed by atoms with E-state index in [0.717, 1.165) is 46.1 Å². The quantitative estimate of drug-likeness (QED) is 0.203. The maximum atomic E-state index is 6.81. The average molecular weight is 672 g/mol. The summed E-state index contributed by atoms with van der Waals surface area (Å²) < 4.78 is 6.81. The van der Waals surface area contributed by atoms with E-state index in [1.54, 1.807) is 0 Å². The second kappa shape index (κ2) is 11.9. The van der Waals surface area contributed by atoms with Gasteiger partial charge in [-0.1, -0.05) is 140 Å². The summed E-state index contributed by atoms with van der Waals surface area (Å²) in [6, 6.07) is 48.0. The highest BCUT2D eigenvalue weighted by atomic mass is 16.5. The van der Waals surface area contributed by atoms with Crippen molar-refractivity contribution in [1.29, 1.82) is 0 Å². The molecule has 1 N–H and O–H groups in total. The fourth-order valence-corrected chi connectivity index (χ4v) is 8.72. The molecule has 0 fully saturated rings. The number of dihydropyridines is 1. The van der Waals surface area contributed by atoms with Gasteiger partial charge in [0.2, 0.25) is 0 Å². The molecular formula is C48H37N3O. The van der Waals surface area contributed by atoms with Gasteiger partial charge in [-0.2, -0.15) is 0 Å². The Bertz CT molecular complexity index is 2480. The predicted octanol–water partition coefficient (Wildman–Crippen LogP) is 10.8. The van der Waals surface area contributed by atoms with Crippen LogP contribution in [0.2, 0.25) is 0 Å². The van der Waals surface area contributed by atoms with Crippen molar-refractivity contribution in [3.8, 4) is 39.5 Å². The van der Waals surface area contributed by atoms with Crippen LogP contribution in [0.3, 0.4) is 0 Å². The molecule has 5 aromatic carbocycles. The number of nitrogens with zero attached hydrogens (tertiary/aromatic N) is 2. The van der Waals surface area contributed by atoms with Crippen LogP contribution in [0.25, 0.3) is 45.0 Å². The molecule has 2 aliphatic heterocycles. The van der Waals surface area contributed by atoms with Crippen molar-refractivity contribution in [2.24, 2.45) is 5.92 Å². The summed E-state index contributed by atoms with van der Waals surface area (Å²) in [5, 5.41) is 3.57. The highest BCUT2D eigenvalue weighted by molar-refractivity contribution is 5.90. The molecule has 6 aromatic rings. The zero-order chi connectivity index (χ0) is 34.8. The molecule has 0 amide bonds. The van der Waals surface area contributed by atoms with Gasteiger partial charge in [0.15, 0.2) is 5.82 Å². The molecular weight excluding hydrogens is 635 g/mol. The topological polar surface area (TPSA) is 47.0 Å². The standard InChI is InChI=1S/C48H37N3O/c1-30-27-46-41(48(40-20-10-11-22-45(40)52-46)38-18-8-6-16-35(38)36-17-7-9-19-39(36)48)28-37(30)32-23-25-33(26-24-32)43-29-44(42-21-12-13-31(2)49-42)51-47(50-43)34-14-4-3-5-15-34/h3-26,28-31,49H,27H2,1-2H3. The first-order valence-electron chi connectivity index (χ1n) is 18.2. The van der Waals surface area contributed by atoms with Crippen LogP contribution in [-0.4, -0.2) is 16.0 Å². The van der Waals surface area contributed by atoms with Gasteiger partial charge in [0.1, 0.15) is 11.5 Å². The van der Waals surface area contributed by atoms with E-state index in [1.165, 1.54) is 44.5 Å². The summed E-state index contributed by atoms with van der Waals surface area (Å²) in [6.07, 6.45) is 9.60. The number of hydrogen-bond acceptors (Lipinski definition) is 4. The minimum atomic E-state index is -0.456. The number of nitrogens with one attached hydrogen (secondary N) is 1. The van der Waals surface area contributed by atoms with Crippen LogP contribution in [0.1, 0.15) is 48.2 Å². The fraction of sp³-hybridized carbons (Fsp3) is 0.125. The number of hydrogen-bond donors (Lipinski definition) is 1. The lowest BCUT2D eigenvalue weighted by molar-refractivity contribution is 0.351. The van der Waals surface area contributed by atoms with E-state index in [1.807, 2.05) is 18.2 Å². The zero-order valence-corrected chi connectivity index (χ0v) is 29.2. The molecule has 4 heteroatoms. The summed E-state index contributed by atoms with van der Waals surface area (Å²) >= 11 is 0. The molecule has 0 radical (unpaired) electrons. The first-order chi connectivity index (χ1) is 25.6. The second-order valence-corrected chi connectivity index (χ2v) is 14.3. The van der Waals surface area contributed by atoms with Gasteiger partial charge in [0.05, 0.1) is 22.5 Å². The minimum Gasteiger partial charge on any atom is -0.461 e. The van der Waals surface area contributed by atoms with Gasteiger partial charge in [-0.3, -0.25) is 0 Å². The Balaban J connectivity index is 1.09. The Labute approximate surface area is 304 Å². The lowest BCUT2D eigenvalue weighted by Crippen LogP contribution is -2.36. The van der Waals surface area contributed by atoms with Crippen LogP contribution < -0.4 is 10.1 Å². The number of para-hydroxylation sites is 1. The van der Waals surface area contributed by atoms with Gasteiger partial charge in [-0.25, -0.2) is 9.97 Å². The Morgan fingerprint density at radius 1 is 0.654 bits per heavy atom. The molecule has 3 heterocycles. The molecule has 0 saturated heterocycles. The van der Waals surface area contributed by atoms with Crippen molar-refractivity contribution in [2.75, 3.05) is 0 Å². The Kier molecular flexibility index (Phi) is 7.00. The third-order valence-electron chi connectivity index (χ3n) is 11.1. The van der Waals surface area contributed by atoms with E-state index in [2.05, 4.69) is 159 Å². The van der Waals surface area contributed by atoms with Crippen LogP contribution in [0.5, 0.6) is 5.75 Å². The molecule has 250 valence electrons. The summed E-state index contributed by atoms with van der Waals surface area (Å²) in [7, 11) is 0. The Morgan fingerprint density at radius 2 is 1.29 bits per heavy atom. The minimum absolute atomic E-state index is 0.229. The Morgan fingerprint density at radius 3 is 2.02 bits per heavy atom. The number of aromatic nitrogens is 2. The molecule has 0 bridgehead atoms. The lowest BCUT2D eigenvalue weighted by atomic mass is 9.63. The van der Waals surface area contributed by atoms with Crippen molar-refractivity contribution < 1.29 is 4.74 Å². The van der Waals surface area contributed by atoms with Crippen LogP contribution in [0, 0.1) is 5.92 Å². The van der Waals surface area contributed by atoms with Gasteiger partial charge in [-0.15, -0.1) is 0 Å². The van der Waals surface area contributed by atoms with Crippen molar-refractivity contribution >= 4 is 11.3 Å². The normalized spacial score (nSPS) is 19.0. The van der Waals surface area contributed by atoms with E-state index >= 15 is 0 Å². The van der Waals surface area contributed by atoms with Crippen molar-refractivity contribution in [3.05, 3.63) is 197 Å². The number of benzene rings is 5. The Hall–Kier alpha value is -6.26. The van der Waals surface area contributed by atoms with Gasteiger partial charge in [0, 0.05) is 34.7 Å². The monoisotopic (exact) mass is 671 g/mol. The number of fused-ring (bicyclic) bond motifs is 8. The van der Waals surface area contributed by atoms with Crippen LogP contribution in [-0.2, 0) is 5.41 Å². The summed E-state index contributed by atoms with van der Waals surface area (Å²) in [4.78, 5) is 10.1. The van der Waals surface area contributed by atoms with E-state index in [0.29, 0.717) is 5.82 Å². The fourth-order valence-electron chi connectivity index (χ4n) is 8.72. The van der Waals surface area contributed by atoms with Gasteiger partial charge < -0.3 is 10.1 Å². The van der Waals surface area contributed by atoms with E-state index < -0.39 is 5.41 Å². The molecule has 1 aromatic heterocycles. The van der Waals surface area contributed by atoms with Crippen LogP contribution in [0.15, 0.2) is 169 Å². The maximum Gasteiger partial charge on any atom is 0.160 e. The van der Waals surface area contributed by atoms with Gasteiger partial charge in [-0.05, 0) is 70.5 Å². The van der Waals surface area contributed by atoms with Crippen molar-refractivity contribution in [1.82, 2.24) is 15.3 Å². The van der Waals surface area contributed by atoms with Crippen molar-refractivity contribution in [2.45, 2.75) is 31.7 Å². The lowest BCUT2D eigenvalue weighted by Gasteiger charge is -2.43. The SMILES string of the molecule is CC1C=CC=C(c2cc(-c3ccc(C4=CC5=C(CC4C)Oc4ccccc4C54c5ccccc5-c5ccccc54)cc3)nc(-c3ccccc3)n2)N1. The molecule has 2 aliphatic carbocycles. The zero-order valence-electron chi connectivity index (χ0n) is 29.2. The maximum absolute atomic E-state index is 6.81. The largest absolute Gasteiger partial charge is 0.461 e.